The predicted octanol–water partition coefficient (Wildman–Crippen LogP) is 4.54. The number of rotatable bonds is 7. The molecule has 178 valence electrons. The highest BCUT2D eigenvalue weighted by molar-refractivity contribution is 5.96. The molecule has 1 unspecified atom stereocenters. The quantitative estimate of drug-likeness (QED) is 0.521. The fraction of sp³-hybridized carbons (Fsp3) is 0.357. The molecule has 1 aliphatic heterocycles. The summed E-state index contributed by atoms with van der Waals surface area (Å²) in [6.45, 7) is 7.33. The lowest BCUT2D eigenvalue weighted by Crippen LogP contribution is -2.49. The fourth-order valence-electron chi connectivity index (χ4n) is 4.59. The van der Waals surface area contributed by atoms with Gasteiger partial charge in [0.2, 0.25) is 5.91 Å². The number of fused-ring (bicyclic) bond motifs is 1. The topological polar surface area (TPSA) is 54.8 Å². The van der Waals surface area contributed by atoms with E-state index in [0.29, 0.717) is 12.1 Å². The standard InChI is InChI=1S/C28H33N3O3/c1-5-21-11-13-22(14-12-21)28(33)31(20(2)3)19-26(32)30-17-16-29-15-7-10-25(29)27(30)23-8-6-9-24(18-23)34-4/h6-15,18,20,27H,5,16-17,19H2,1-4H3. The zero-order chi connectivity index (χ0) is 24.2. The summed E-state index contributed by atoms with van der Waals surface area (Å²) in [5.74, 6) is 0.569. The molecule has 4 rings (SSSR count). The highest BCUT2D eigenvalue weighted by atomic mass is 16.5. The third-order valence-corrected chi connectivity index (χ3v) is 6.57. The van der Waals surface area contributed by atoms with E-state index in [-0.39, 0.29) is 30.4 Å². The molecule has 0 spiro atoms. The molecule has 2 heterocycles. The van der Waals surface area contributed by atoms with Crippen LogP contribution in [0.1, 0.15) is 54.0 Å². The van der Waals surface area contributed by atoms with Gasteiger partial charge in [-0.25, -0.2) is 0 Å². The zero-order valence-electron chi connectivity index (χ0n) is 20.4. The molecule has 0 N–H and O–H groups in total. The van der Waals surface area contributed by atoms with Crippen LogP contribution in [0.2, 0.25) is 0 Å². The highest BCUT2D eigenvalue weighted by Crippen LogP contribution is 2.34. The number of amides is 2. The molecule has 0 bridgehead atoms. The summed E-state index contributed by atoms with van der Waals surface area (Å²) in [5.41, 5.74) is 3.84. The van der Waals surface area contributed by atoms with E-state index in [2.05, 4.69) is 17.6 Å². The van der Waals surface area contributed by atoms with Gasteiger partial charge in [-0.15, -0.1) is 0 Å². The van der Waals surface area contributed by atoms with Gasteiger partial charge < -0.3 is 19.1 Å². The number of nitrogens with zero attached hydrogens (tertiary/aromatic N) is 3. The van der Waals surface area contributed by atoms with E-state index in [0.717, 1.165) is 30.0 Å². The number of carbonyl (C=O) groups is 2. The molecule has 0 saturated heterocycles. The van der Waals surface area contributed by atoms with Crippen LogP contribution in [0.5, 0.6) is 5.75 Å². The highest BCUT2D eigenvalue weighted by Gasteiger charge is 2.34. The summed E-state index contributed by atoms with van der Waals surface area (Å²) in [7, 11) is 1.64. The van der Waals surface area contributed by atoms with Crippen LogP contribution >= 0.6 is 0 Å². The number of hydrogen-bond donors (Lipinski definition) is 0. The minimum Gasteiger partial charge on any atom is -0.497 e. The van der Waals surface area contributed by atoms with Gasteiger partial charge in [0.05, 0.1) is 13.2 Å². The van der Waals surface area contributed by atoms with Gasteiger partial charge in [0.15, 0.2) is 0 Å². The molecule has 1 aromatic heterocycles. The first-order chi connectivity index (χ1) is 16.4. The van der Waals surface area contributed by atoms with Gasteiger partial charge in [0.25, 0.3) is 5.91 Å². The van der Waals surface area contributed by atoms with Crippen LogP contribution in [0.4, 0.5) is 0 Å². The van der Waals surface area contributed by atoms with Crippen LogP contribution in [0.15, 0.2) is 66.9 Å². The number of aromatic nitrogens is 1. The largest absolute Gasteiger partial charge is 0.497 e. The van der Waals surface area contributed by atoms with Crippen LogP contribution in [0.25, 0.3) is 0 Å². The van der Waals surface area contributed by atoms with Crippen molar-refractivity contribution in [1.82, 2.24) is 14.4 Å². The summed E-state index contributed by atoms with van der Waals surface area (Å²) in [5, 5.41) is 0. The Morgan fingerprint density at radius 3 is 2.50 bits per heavy atom. The Hall–Kier alpha value is -3.54. The summed E-state index contributed by atoms with van der Waals surface area (Å²) in [6, 6.07) is 19.3. The predicted molar refractivity (Wildman–Crippen MR) is 133 cm³/mol. The van der Waals surface area contributed by atoms with Crippen molar-refractivity contribution in [2.75, 3.05) is 20.2 Å². The molecule has 34 heavy (non-hydrogen) atoms. The van der Waals surface area contributed by atoms with Crippen molar-refractivity contribution in [3.8, 4) is 5.75 Å². The van der Waals surface area contributed by atoms with Crippen LogP contribution < -0.4 is 4.74 Å². The lowest BCUT2D eigenvalue weighted by atomic mass is 9.99. The van der Waals surface area contributed by atoms with Crippen LogP contribution in [0.3, 0.4) is 0 Å². The monoisotopic (exact) mass is 459 g/mol. The average Bonchev–Trinajstić information content (AvgIpc) is 3.35. The normalized spacial score (nSPS) is 15.2. The van der Waals surface area contributed by atoms with Crippen LogP contribution in [0, 0.1) is 0 Å². The molecule has 3 aromatic rings. The molecule has 0 fully saturated rings. The molecule has 0 radical (unpaired) electrons. The van der Waals surface area contributed by atoms with Crippen molar-refractivity contribution in [2.45, 2.75) is 45.8 Å². The van der Waals surface area contributed by atoms with Crippen molar-refractivity contribution >= 4 is 11.8 Å². The SMILES string of the molecule is CCc1ccc(C(=O)N(CC(=O)N2CCn3cccc3C2c2cccc(OC)c2)C(C)C)cc1. The van der Waals surface area contributed by atoms with Crippen molar-refractivity contribution in [3.05, 3.63) is 89.2 Å². The van der Waals surface area contributed by atoms with E-state index in [1.54, 1.807) is 12.0 Å². The van der Waals surface area contributed by atoms with Gasteiger partial charge >= 0.3 is 0 Å². The molecule has 6 nitrogen and oxygen atoms in total. The second-order valence-electron chi connectivity index (χ2n) is 8.97. The molecule has 0 saturated carbocycles. The molecule has 1 atom stereocenters. The van der Waals surface area contributed by atoms with Gasteiger partial charge in [0.1, 0.15) is 12.3 Å². The van der Waals surface area contributed by atoms with Gasteiger partial charge in [-0.2, -0.15) is 0 Å². The van der Waals surface area contributed by atoms with Gasteiger partial charge in [0, 0.05) is 36.6 Å². The van der Waals surface area contributed by atoms with Gasteiger partial charge in [-0.05, 0) is 67.8 Å². The first-order valence-corrected chi connectivity index (χ1v) is 11.9. The molecular formula is C28H33N3O3. The van der Waals surface area contributed by atoms with E-state index in [9.17, 15) is 9.59 Å². The summed E-state index contributed by atoms with van der Waals surface area (Å²) in [4.78, 5) is 30.6. The number of carbonyl (C=O) groups excluding carboxylic acids is 2. The lowest BCUT2D eigenvalue weighted by molar-refractivity contribution is -0.135. The Balaban J connectivity index is 1.62. The van der Waals surface area contributed by atoms with E-state index in [1.807, 2.05) is 79.5 Å². The zero-order valence-corrected chi connectivity index (χ0v) is 20.4. The Kier molecular flexibility index (Phi) is 7.06. The van der Waals surface area contributed by atoms with Gasteiger partial charge in [-0.1, -0.05) is 31.2 Å². The molecule has 0 aliphatic carbocycles. The minimum atomic E-state index is -0.237. The lowest BCUT2D eigenvalue weighted by Gasteiger charge is -2.39. The summed E-state index contributed by atoms with van der Waals surface area (Å²) >= 11 is 0. The number of aryl methyl sites for hydroxylation is 1. The smallest absolute Gasteiger partial charge is 0.254 e. The Labute approximate surface area is 201 Å². The Morgan fingerprint density at radius 1 is 1.06 bits per heavy atom. The first kappa shape index (κ1) is 23.6. The van der Waals surface area contributed by atoms with Crippen molar-refractivity contribution in [1.29, 1.82) is 0 Å². The number of methoxy groups -OCH3 is 1. The van der Waals surface area contributed by atoms with Crippen LogP contribution in [-0.2, 0) is 17.8 Å². The Bertz CT molecular complexity index is 1150. The molecule has 1 aliphatic rings. The van der Waals surface area contributed by atoms with E-state index in [4.69, 9.17) is 4.74 Å². The van der Waals surface area contributed by atoms with E-state index in [1.165, 1.54) is 5.56 Å². The second kappa shape index (κ2) is 10.2. The second-order valence-corrected chi connectivity index (χ2v) is 8.97. The maximum atomic E-state index is 13.7. The summed E-state index contributed by atoms with van der Waals surface area (Å²) < 4.78 is 7.63. The van der Waals surface area contributed by atoms with Crippen molar-refractivity contribution < 1.29 is 14.3 Å². The Morgan fingerprint density at radius 2 is 1.82 bits per heavy atom. The number of ether oxygens (including phenoxy) is 1. The van der Waals surface area contributed by atoms with Crippen molar-refractivity contribution in [3.63, 3.8) is 0 Å². The van der Waals surface area contributed by atoms with E-state index >= 15 is 0 Å². The first-order valence-electron chi connectivity index (χ1n) is 11.9. The number of benzene rings is 2. The third-order valence-electron chi connectivity index (χ3n) is 6.57. The molecule has 2 amide bonds. The van der Waals surface area contributed by atoms with Gasteiger partial charge in [-0.3, -0.25) is 9.59 Å². The third kappa shape index (κ3) is 4.72. The average molecular weight is 460 g/mol. The fourth-order valence-corrected chi connectivity index (χ4v) is 4.59. The molecule has 2 aromatic carbocycles. The molecular weight excluding hydrogens is 426 g/mol. The molecule has 6 heteroatoms. The van der Waals surface area contributed by atoms with Crippen molar-refractivity contribution in [2.24, 2.45) is 0 Å². The minimum absolute atomic E-state index is 0.0349. The maximum absolute atomic E-state index is 13.7. The van der Waals surface area contributed by atoms with E-state index < -0.39 is 0 Å². The maximum Gasteiger partial charge on any atom is 0.254 e. The summed E-state index contributed by atoms with van der Waals surface area (Å²) in [6.07, 6.45) is 2.97. The number of hydrogen-bond acceptors (Lipinski definition) is 3. The van der Waals surface area contributed by atoms with Crippen LogP contribution in [-0.4, -0.2) is 52.4 Å².